The van der Waals surface area contributed by atoms with E-state index in [1.807, 2.05) is 29.6 Å². The number of aromatic nitrogens is 5. The molecule has 1 spiro atoms. The summed E-state index contributed by atoms with van der Waals surface area (Å²) >= 11 is 0. The number of fused-ring (bicyclic) bond motifs is 4. The Kier molecular flexibility index (Phi) is 11.0. The maximum absolute atomic E-state index is 16.0. The van der Waals surface area contributed by atoms with Gasteiger partial charge in [-0.1, -0.05) is 12.2 Å². The Labute approximate surface area is 390 Å². The van der Waals surface area contributed by atoms with Gasteiger partial charge in [-0.05, 0) is 107 Å². The topological polar surface area (TPSA) is 167 Å². The second kappa shape index (κ2) is 16.9. The Bertz CT molecular complexity index is 3010. The highest BCUT2D eigenvalue weighted by atomic mass is 19.3. The fourth-order valence-electron chi connectivity index (χ4n) is 10.5. The lowest BCUT2D eigenvalue weighted by Gasteiger charge is -2.44. The molecule has 11 rings (SSSR count). The number of carbonyl (C=O) groups is 2. The van der Waals surface area contributed by atoms with Crippen LogP contribution < -0.4 is 46.6 Å². The van der Waals surface area contributed by atoms with Crippen LogP contribution in [0.4, 0.5) is 36.3 Å². The summed E-state index contributed by atoms with van der Waals surface area (Å²) < 4.78 is 54.9. The molecule has 5 aliphatic heterocycles. The number of ether oxygens (including phenoxy) is 1. The number of nitrogens with zero attached hydrogens (tertiary/aromatic N) is 9. The molecule has 68 heavy (non-hydrogen) atoms. The Balaban J connectivity index is 0.720. The van der Waals surface area contributed by atoms with E-state index in [0.717, 1.165) is 80.7 Å². The predicted molar refractivity (Wildman–Crippen MR) is 253 cm³/mol. The summed E-state index contributed by atoms with van der Waals surface area (Å²) in [4.78, 5) is 58.3. The highest BCUT2D eigenvalue weighted by molar-refractivity contribution is 6.02. The molecule has 4 aromatic rings. The highest BCUT2D eigenvalue weighted by Gasteiger charge is 2.45. The predicted octanol–water partition coefficient (Wildman–Crippen LogP) is 4.13. The van der Waals surface area contributed by atoms with E-state index in [1.54, 1.807) is 12.3 Å². The third-order valence-electron chi connectivity index (χ3n) is 14.9. The number of hydrogen-bond acceptors (Lipinski definition) is 13. The normalized spacial score (nSPS) is 26.2. The number of rotatable bonds is 8. The lowest BCUT2D eigenvalue weighted by molar-refractivity contribution is -0.134. The molecular weight excluding hydrogens is 878 g/mol. The fraction of sp³-hybridized carbons (Fsp3) is 0.490. The van der Waals surface area contributed by atoms with Crippen LogP contribution in [0.1, 0.15) is 68.5 Å². The maximum atomic E-state index is 16.0. The van der Waals surface area contributed by atoms with Crippen molar-refractivity contribution >= 4 is 63.7 Å². The van der Waals surface area contributed by atoms with E-state index in [1.165, 1.54) is 17.7 Å². The van der Waals surface area contributed by atoms with Crippen molar-refractivity contribution in [1.29, 1.82) is 0 Å². The molecule has 3 N–H and O–H groups in total. The minimum atomic E-state index is -3.38. The minimum Gasteiger partial charge on any atom is -0.480 e. The average Bonchev–Trinajstić information content (AvgIpc) is 4.12. The zero-order valence-corrected chi connectivity index (χ0v) is 38.4. The molecule has 16 nitrogen and oxygen atoms in total. The molecule has 0 bridgehead atoms. The zero-order chi connectivity index (χ0) is 47.1. The van der Waals surface area contributed by atoms with Crippen molar-refractivity contribution in [3.63, 3.8) is 0 Å². The molecule has 1 saturated carbocycles. The van der Waals surface area contributed by atoms with Crippen LogP contribution in [-0.2, 0) is 23.7 Å². The second-order valence-electron chi connectivity index (χ2n) is 19.5. The van der Waals surface area contributed by atoms with Crippen LogP contribution in [0.5, 0.6) is 5.75 Å². The molecule has 2 amide bonds. The number of imide groups is 1. The van der Waals surface area contributed by atoms with Gasteiger partial charge in [-0.3, -0.25) is 29.4 Å². The summed E-state index contributed by atoms with van der Waals surface area (Å²) in [6, 6.07) is 5.32. The summed E-state index contributed by atoms with van der Waals surface area (Å²) in [6.45, 7) is 5.49. The van der Waals surface area contributed by atoms with Crippen LogP contribution in [0.3, 0.4) is 0 Å². The summed E-state index contributed by atoms with van der Waals surface area (Å²) in [6.07, 6.45) is 16.5. The molecule has 5 atom stereocenters. The van der Waals surface area contributed by atoms with E-state index in [9.17, 15) is 14.4 Å². The molecule has 3 aromatic heterocycles. The molecule has 2 saturated heterocycles. The van der Waals surface area contributed by atoms with E-state index in [0.29, 0.717) is 59.9 Å². The number of piperidine rings is 2. The first-order valence-corrected chi connectivity index (χ1v) is 23.7. The lowest BCUT2D eigenvalue weighted by Crippen LogP contribution is -2.50. The molecule has 5 unspecified atom stereocenters. The smallest absolute Gasteiger partial charge is 0.320 e. The lowest BCUT2D eigenvalue weighted by atomic mass is 9.74. The van der Waals surface area contributed by atoms with Crippen LogP contribution in [-0.4, -0.2) is 110 Å². The summed E-state index contributed by atoms with van der Waals surface area (Å²) in [5.74, 6) is -3.19. The number of hydrogen-bond donors (Lipinski definition) is 3. The molecule has 19 heteroatoms. The first-order valence-electron chi connectivity index (χ1n) is 23.7. The number of carbonyl (C=O) groups excluding carboxylic acids is 2. The van der Waals surface area contributed by atoms with E-state index < -0.39 is 42.4 Å². The van der Waals surface area contributed by atoms with E-state index >= 15 is 13.2 Å². The van der Waals surface area contributed by atoms with Gasteiger partial charge in [-0.25, -0.2) is 9.37 Å². The Morgan fingerprint density at radius 3 is 2.53 bits per heavy atom. The Morgan fingerprint density at radius 1 is 0.985 bits per heavy atom. The summed E-state index contributed by atoms with van der Waals surface area (Å²) in [5.41, 5.74) is 3.65. The van der Waals surface area contributed by atoms with E-state index in [2.05, 4.69) is 72.4 Å². The highest BCUT2D eigenvalue weighted by Crippen LogP contribution is 2.41. The molecule has 3 fully saturated rings. The van der Waals surface area contributed by atoms with Gasteiger partial charge in [-0.15, -0.1) is 0 Å². The number of nitrogens with one attached hydrogen (secondary N) is 3. The second-order valence-corrected chi connectivity index (χ2v) is 19.5. The SMILES string of the molecule is Cc1cnc(N2C=CC3(CCN(CC4C=CN(c5ccc6c(C7CCC(=O)NC7=O)nn(C)c6c5)CC4)CC3)CC2)nc1NC1C=c2c3c(c(=O)n(C)c2=CC1F)OCC(F)(F)C(N=C1CC1)N3. The van der Waals surface area contributed by atoms with Crippen LogP contribution in [0.25, 0.3) is 23.1 Å². The number of pyridine rings is 1. The number of amides is 2. The molecular formula is C49H55F3N12O4. The van der Waals surface area contributed by atoms with Gasteiger partial charge in [0.2, 0.25) is 23.5 Å². The first kappa shape index (κ1) is 44.0. The van der Waals surface area contributed by atoms with Crippen molar-refractivity contribution in [3.8, 4) is 5.75 Å². The fourth-order valence-corrected chi connectivity index (χ4v) is 10.5. The quantitative estimate of drug-likeness (QED) is 0.217. The molecule has 0 radical (unpaired) electrons. The van der Waals surface area contributed by atoms with Gasteiger partial charge in [0.05, 0.1) is 34.2 Å². The molecule has 8 heterocycles. The van der Waals surface area contributed by atoms with Gasteiger partial charge >= 0.3 is 5.92 Å². The van der Waals surface area contributed by atoms with Crippen LogP contribution in [0, 0.1) is 18.3 Å². The van der Waals surface area contributed by atoms with Gasteiger partial charge in [0, 0.05) is 86.3 Å². The van der Waals surface area contributed by atoms with Crippen LogP contribution in [0.2, 0.25) is 0 Å². The third kappa shape index (κ3) is 8.21. The van der Waals surface area contributed by atoms with Gasteiger partial charge in [0.15, 0.2) is 12.8 Å². The summed E-state index contributed by atoms with van der Waals surface area (Å²) in [5, 5.41) is 14.8. The van der Waals surface area contributed by atoms with Gasteiger partial charge in [0.1, 0.15) is 12.0 Å². The Morgan fingerprint density at radius 2 is 1.79 bits per heavy atom. The van der Waals surface area contributed by atoms with Crippen molar-refractivity contribution < 1.29 is 27.5 Å². The maximum Gasteiger partial charge on any atom is 0.320 e. The molecule has 2 aliphatic carbocycles. The standard InChI is InChI=1S/C49H55F3N12O4/c1-28-25-53-47(58-43(28)55-36-23-34-37(24-35(36)50)60(2)45(67)42-41(34)57-46(54-30-4-5-30)49(51,52)27-68-42)64-20-14-48(15-21-64)12-18-62(19-13-48)26-29-10-16-63(17-11-29)31-6-7-32-38(22-31)61(3)59-40(32)33-8-9-39(65)56-44(33)66/h6-7,10,14,16,20,22-25,29,33,35-36,46,57H,4-5,8-9,11-13,15,17-19,21,26-27H2,1-3H3,(H,53,55,58)(H,56,65,66). The molecule has 1 aromatic carbocycles. The number of likely N-dealkylation sites (tertiary alicyclic amines) is 1. The van der Waals surface area contributed by atoms with Gasteiger partial charge < -0.3 is 34.6 Å². The van der Waals surface area contributed by atoms with Gasteiger partial charge in [0.25, 0.3) is 5.56 Å². The number of aryl methyl sites for hydroxylation is 2. The molecule has 356 valence electrons. The minimum absolute atomic E-state index is 0.0726. The average molecular weight is 933 g/mol. The molecule has 7 aliphatic rings. The van der Waals surface area contributed by atoms with Gasteiger partial charge in [-0.2, -0.15) is 18.9 Å². The number of aliphatic imine (C=N–C) groups is 1. The number of halogens is 3. The number of benzene rings is 1. The monoisotopic (exact) mass is 932 g/mol. The van der Waals surface area contributed by atoms with Crippen LogP contribution >= 0.6 is 0 Å². The zero-order valence-electron chi connectivity index (χ0n) is 38.4. The number of allylic oxidation sites excluding steroid dienone is 1. The van der Waals surface area contributed by atoms with Crippen LogP contribution in [0.15, 0.2) is 58.7 Å². The Hall–Kier alpha value is -6.50. The van der Waals surface area contributed by atoms with Crippen molar-refractivity contribution in [2.75, 3.05) is 59.8 Å². The van der Waals surface area contributed by atoms with Crippen molar-refractivity contribution in [3.05, 3.63) is 81.1 Å². The summed E-state index contributed by atoms with van der Waals surface area (Å²) in [7, 11) is 3.37. The largest absolute Gasteiger partial charge is 0.480 e. The number of anilines is 4. The number of alkyl halides is 3. The van der Waals surface area contributed by atoms with Crippen molar-refractivity contribution in [2.45, 2.75) is 88.5 Å². The van der Waals surface area contributed by atoms with E-state index in [-0.39, 0.29) is 34.0 Å². The van der Waals surface area contributed by atoms with Crippen molar-refractivity contribution in [2.24, 2.45) is 30.4 Å². The first-order chi connectivity index (χ1) is 32.7. The van der Waals surface area contributed by atoms with E-state index in [4.69, 9.17) is 14.8 Å². The third-order valence-corrected chi connectivity index (χ3v) is 14.9. The van der Waals surface area contributed by atoms with Crippen molar-refractivity contribution in [1.82, 2.24) is 34.5 Å².